The van der Waals surface area contributed by atoms with E-state index in [9.17, 15) is 0 Å². The van der Waals surface area contributed by atoms with Crippen LogP contribution in [0.4, 0.5) is 0 Å². The van der Waals surface area contributed by atoms with Gasteiger partial charge in [-0.15, -0.1) is 0 Å². The van der Waals surface area contributed by atoms with E-state index in [0.717, 1.165) is 19.8 Å². The van der Waals surface area contributed by atoms with Gasteiger partial charge in [0.25, 0.3) is 0 Å². The van der Waals surface area contributed by atoms with E-state index in [2.05, 4.69) is 12.2 Å². The minimum absolute atomic E-state index is 0.455. The summed E-state index contributed by atoms with van der Waals surface area (Å²) < 4.78 is 11.5. The van der Waals surface area contributed by atoms with Crippen molar-refractivity contribution in [3.8, 4) is 0 Å². The van der Waals surface area contributed by atoms with Crippen molar-refractivity contribution in [3.05, 3.63) is 0 Å². The summed E-state index contributed by atoms with van der Waals surface area (Å²) in [7, 11) is 0. The quantitative estimate of drug-likeness (QED) is 0.835. The average molecular weight is 253 g/mol. The van der Waals surface area contributed by atoms with Gasteiger partial charge in [-0.25, -0.2) is 0 Å². The van der Waals surface area contributed by atoms with Crippen molar-refractivity contribution in [2.24, 2.45) is 5.41 Å². The summed E-state index contributed by atoms with van der Waals surface area (Å²) in [6.45, 7) is 4.84. The third-order valence-corrected chi connectivity index (χ3v) is 5.30. The summed E-state index contributed by atoms with van der Waals surface area (Å²) in [5.74, 6) is 0. The topological polar surface area (TPSA) is 30.5 Å². The molecule has 3 aliphatic rings. The first-order valence-corrected chi connectivity index (χ1v) is 7.80. The van der Waals surface area contributed by atoms with E-state index < -0.39 is 0 Å². The average Bonchev–Trinajstić information content (AvgIpc) is 2.92. The Bertz CT molecular complexity index is 270. The van der Waals surface area contributed by atoms with Gasteiger partial charge in [0, 0.05) is 30.7 Å². The molecule has 3 fully saturated rings. The van der Waals surface area contributed by atoms with Crippen LogP contribution in [0.15, 0.2) is 0 Å². The van der Waals surface area contributed by atoms with E-state index in [1.807, 2.05) is 0 Å². The number of nitrogens with one attached hydrogen (secondary N) is 1. The molecular formula is C15H27NO2. The smallest absolute Gasteiger partial charge is 0.0661 e. The molecule has 3 heteroatoms. The van der Waals surface area contributed by atoms with Gasteiger partial charge in [-0.05, 0) is 32.6 Å². The largest absolute Gasteiger partial charge is 0.380 e. The molecule has 0 unspecified atom stereocenters. The number of rotatable bonds is 4. The molecule has 1 aliphatic heterocycles. The summed E-state index contributed by atoms with van der Waals surface area (Å²) in [4.78, 5) is 0. The molecule has 0 bridgehead atoms. The molecule has 3 nitrogen and oxygen atoms in total. The van der Waals surface area contributed by atoms with Crippen LogP contribution in [0.2, 0.25) is 0 Å². The maximum absolute atomic E-state index is 5.99. The van der Waals surface area contributed by atoms with Crippen LogP contribution in [0.5, 0.6) is 0 Å². The van der Waals surface area contributed by atoms with Crippen molar-refractivity contribution in [2.45, 2.75) is 70.1 Å². The molecular weight excluding hydrogens is 226 g/mol. The van der Waals surface area contributed by atoms with Gasteiger partial charge in [0.1, 0.15) is 0 Å². The lowest BCUT2D eigenvalue weighted by atomic mass is 9.55. The molecule has 3 atom stereocenters. The van der Waals surface area contributed by atoms with Crippen LogP contribution in [0.25, 0.3) is 0 Å². The first kappa shape index (κ1) is 12.9. The minimum Gasteiger partial charge on any atom is -0.380 e. The van der Waals surface area contributed by atoms with Gasteiger partial charge >= 0.3 is 0 Å². The van der Waals surface area contributed by atoms with Gasteiger partial charge in [0.05, 0.1) is 12.7 Å². The standard InChI is InChI=1S/C15H27NO2/c1-2-18-14-10-13(16-12-6-9-17-11-12)15(14)7-4-3-5-8-15/h12-14,16H,2-11H2,1H3/t12-,13+,14-/m1/s1. The Morgan fingerprint density at radius 1 is 1.28 bits per heavy atom. The summed E-state index contributed by atoms with van der Waals surface area (Å²) in [5.41, 5.74) is 0.455. The van der Waals surface area contributed by atoms with Crippen molar-refractivity contribution < 1.29 is 9.47 Å². The maximum Gasteiger partial charge on any atom is 0.0661 e. The molecule has 0 aromatic heterocycles. The molecule has 18 heavy (non-hydrogen) atoms. The molecule has 1 N–H and O–H groups in total. The van der Waals surface area contributed by atoms with Gasteiger partial charge in [-0.2, -0.15) is 0 Å². The first-order chi connectivity index (χ1) is 8.85. The zero-order valence-electron chi connectivity index (χ0n) is 11.6. The molecule has 0 amide bonds. The zero-order valence-corrected chi connectivity index (χ0v) is 11.6. The van der Waals surface area contributed by atoms with Crippen molar-refractivity contribution in [3.63, 3.8) is 0 Å². The van der Waals surface area contributed by atoms with Crippen LogP contribution in [0, 0.1) is 5.41 Å². The van der Waals surface area contributed by atoms with E-state index in [4.69, 9.17) is 9.47 Å². The Labute approximate surface area is 111 Å². The van der Waals surface area contributed by atoms with E-state index in [0.29, 0.717) is 23.6 Å². The van der Waals surface area contributed by atoms with Gasteiger partial charge < -0.3 is 14.8 Å². The van der Waals surface area contributed by atoms with Crippen molar-refractivity contribution in [1.29, 1.82) is 0 Å². The highest BCUT2D eigenvalue weighted by molar-refractivity contribution is 5.09. The lowest BCUT2D eigenvalue weighted by molar-refractivity contribution is -0.152. The van der Waals surface area contributed by atoms with Crippen LogP contribution in [0.1, 0.15) is 51.9 Å². The Kier molecular flexibility index (Phi) is 3.92. The number of ether oxygens (including phenoxy) is 2. The van der Waals surface area contributed by atoms with E-state index >= 15 is 0 Å². The predicted molar refractivity (Wildman–Crippen MR) is 71.7 cm³/mol. The Morgan fingerprint density at radius 2 is 2.11 bits per heavy atom. The Hall–Kier alpha value is -0.120. The van der Waals surface area contributed by atoms with Crippen molar-refractivity contribution in [1.82, 2.24) is 5.32 Å². The summed E-state index contributed by atoms with van der Waals surface area (Å²) >= 11 is 0. The molecule has 0 aromatic rings. The highest BCUT2D eigenvalue weighted by atomic mass is 16.5. The van der Waals surface area contributed by atoms with Gasteiger partial charge in [0.2, 0.25) is 0 Å². The number of hydrogen-bond acceptors (Lipinski definition) is 3. The molecule has 0 radical (unpaired) electrons. The minimum atomic E-state index is 0.455. The first-order valence-electron chi connectivity index (χ1n) is 7.80. The lowest BCUT2D eigenvalue weighted by Crippen LogP contribution is -2.66. The summed E-state index contributed by atoms with van der Waals surface area (Å²) in [5, 5.41) is 3.86. The third kappa shape index (κ3) is 2.21. The fourth-order valence-electron chi connectivity index (χ4n) is 4.25. The van der Waals surface area contributed by atoms with Crippen LogP contribution in [0.3, 0.4) is 0 Å². The Balaban J connectivity index is 1.62. The second-order valence-corrected chi connectivity index (χ2v) is 6.25. The van der Waals surface area contributed by atoms with Crippen molar-refractivity contribution in [2.75, 3.05) is 19.8 Å². The van der Waals surface area contributed by atoms with Crippen LogP contribution >= 0.6 is 0 Å². The van der Waals surface area contributed by atoms with E-state index in [-0.39, 0.29) is 0 Å². The highest BCUT2D eigenvalue weighted by Gasteiger charge is 2.55. The summed E-state index contributed by atoms with van der Waals surface area (Å²) in [6, 6.07) is 1.28. The Morgan fingerprint density at radius 3 is 2.78 bits per heavy atom. The van der Waals surface area contributed by atoms with Crippen LogP contribution < -0.4 is 5.32 Å². The molecule has 3 rings (SSSR count). The van der Waals surface area contributed by atoms with E-state index in [1.165, 1.54) is 44.9 Å². The second kappa shape index (κ2) is 5.48. The molecule has 1 spiro atoms. The monoisotopic (exact) mass is 253 g/mol. The zero-order chi connectivity index (χ0) is 12.4. The fraction of sp³-hybridized carbons (Fsp3) is 1.00. The van der Waals surface area contributed by atoms with Crippen LogP contribution in [-0.2, 0) is 9.47 Å². The second-order valence-electron chi connectivity index (χ2n) is 6.25. The normalized spacial score (nSPS) is 38.8. The van der Waals surface area contributed by atoms with E-state index in [1.54, 1.807) is 0 Å². The third-order valence-electron chi connectivity index (χ3n) is 5.30. The lowest BCUT2D eigenvalue weighted by Gasteiger charge is -2.58. The number of hydrogen-bond donors (Lipinski definition) is 1. The summed E-state index contributed by atoms with van der Waals surface area (Å²) in [6.07, 6.45) is 9.84. The molecule has 2 saturated carbocycles. The van der Waals surface area contributed by atoms with Gasteiger partial charge in [-0.3, -0.25) is 0 Å². The fourth-order valence-corrected chi connectivity index (χ4v) is 4.25. The SMILES string of the molecule is CCO[C@@H]1C[C@H](N[C@@H]2CCOC2)C12CCCCC2. The molecule has 104 valence electrons. The molecule has 0 aromatic carbocycles. The van der Waals surface area contributed by atoms with Crippen LogP contribution in [-0.4, -0.2) is 38.0 Å². The predicted octanol–water partition coefficient (Wildman–Crippen LogP) is 2.49. The van der Waals surface area contributed by atoms with Gasteiger partial charge in [0.15, 0.2) is 0 Å². The maximum atomic E-state index is 5.99. The molecule has 1 heterocycles. The van der Waals surface area contributed by atoms with Crippen molar-refractivity contribution >= 4 is 0 Å². The highest BCUT2D eigenvalue weighted by Crippen LogP contribution is 2.53. The van der Waals surface area contributed by atoms with Gasteiger partial charge in [-0.1, -0.05) is 19.3 Å². The molecule has 1 saturated heterocycles. The molecule has 2 aliphatic carbocycles.